The minimum atomic E-state index is 0. The second-order valence-corrected chi connectivity index (χ2v) is 12.0. The molecule has 0 aliphatic heterocycles. The number of ketones is 1. The molecule has 0 spiro atoms. The molecule has 6 heteroatoms. The molecule has 0 atom stereocenters. The summed E-state index contributed by atoms with van der Waals surface area (Å²) in [5.41, 5.74) is 4.57. The van der Waals surface area contributed by atoms with Crippen LogP contribution in [0.25, 0.3) is 54.9 Å². The SMILES string of the molecule is CC(C)c1cc(-c2ncnc3oc4cc5ccccc5cc4c23)[c-]c2ccccc12.CCC(CC)C(=O)/C=C(\O)C(CC)CC.[Ir]. The zero-order valence-electron chi connectivity index (χ0n) is 27.6. The largest absolute Gasteiger partial charge is 0.512 e. The number of hydrogen-bond acceptors (Lipinski definition) is 5. The maximum absolute atomic E-state index is 11.7. The summed E-state index contributed by atoms with van der Waals surface area (Å²) in [6.07, 6.45) is 6.49. The summed E-state index contributed by atoms with van der Waals surface area (Å²) in [7, 11) is 0. The molecule has 6 aromatic rings. The van der Waals surface area contributed by atoms with Gasteiger partial charge in [0.25, 0.3) is 0 Å². The number of carbonyl (C=O) groups is 1. The molecule has 0 bridgehead atoms. The number of furan rings is 1. The van der Waals surface area contributed by atoms with Crippen molar-refractivity contribution in [3.05, 3.63) is 96.5 Å². The molecule has 241 valence electrons. The first-order valence-corrected chi connectivity index (χ1v) is 16.2. The maximum Gasteiger partial charge on any atom is 0.223 e. The van der Waals surface area contributed by atoms with Gasteiger partial charge in [-0.15, -0.1) is 29.1 Å². The van der Waals surface area contributed by atoms with Crippen molar-refractivity contribution in [3.63, 3.8) is 0 Å². The number of rotatable bonds is 9. The van der Waals surface area contributed by atoms with Gasteiger partial charge in [-0.1, -0.05) is 95.0 Å². The van der Waals surface area contributed by atoms with E-state index in [1.54, 1.807) is 6.33 Å². The quantitative estimate of drug-likeness (QED) is 0.0896. The fourth-order valence-electron chi connectivity index (χ4n) is 6.14. The van der Waals surface area contributed by atoms with E-state index in [4.69, 9.17) is 4.42 Å². The van der Waals surface area contributed by atoms with Crippen LogP contribution in [0.5, 0.6) is 0 Å². The van der Waals surface area contributed by atoms with Gasteiger partial charge in [-0.2, -0.15) is 0 Å². The topological polar surface area (TPSA) is 76.2 Å². The first-order valence-electron chi connectivity index (χ1n) is 16.2. The summed E-state index contributed by atoms with van der Waals surface area (Å²) in [6, 6.07) is 26.8. The number of hydrogen-bond donors (Lipinski definition) is 1. The number of allylic oxidation sites excluding steroid dienone is 2. The van der Waals surface area contributed by atoms with Gasteiger partial charge in [-0.3, -0.25) is 9.78 Å². The average Bonchev–Trinajstić information content (AvgIpc) is 3.42. The van der Waals surface area contributed by atoms with Crippen LogP contribution in [0, 0.1) is 17.9 Å². The summed E-state index contributed by atoms with van der Waals surface area (Å²) in [5, 5.41) is 16.4. The van der Waals surface area contributed by atoms with E-state index >= 15 is 0 Å². The van der Waals surface area contributed by atoms with Crippen molar-refractivity contribution in [2.24, 2.45) is 11.8 Å². The van der Waals surface area contributed by atoms with Crippen LogP contribution in [-0.2, 0) is 24.9 Å². The number of aliphatic hydroxyl groups is 1. The summed E-state index contributed by atoms with van der Waals surface area (Å²) >= 11 is 0. The van der Waals surface area contributed by atoms with E-state index in [1.165, 1.54) is 22.4 Å². The Balaban J connectivity index is 0.000000259. The second kappa shape index (κ2) is 15.6. The number of aliphatic hydroxyl groups excluding tert-OH is 1. The minimum Gasteiger partial charge on any atom is -0.512 e. The van der Waals surface area contributed by atoms with Gasteiger partial charge in [0, 0.05) is 54.5 Å². The number of aromatic nitrogens is 2. The van der Waals surface area contributed by atoms with E-state index in [0.29, 0.717) is 11.6 Å². The van der Waals surface area contributed by atoms with Crippen molar-refractivity contribution < 1.29 is 34.4 Å². The Morgan fingerprint density at radius 2 is 1.48 bits per heavy atom. The number of carbonyl (C=O) groups excluding carboxylic acids is 1. The van der Waals surface area contributed by atoms with E-state index in [2.05, 4.69) is 90.5 Å². The van der Waals surface area contributed by atoms with Crippen LogP contribution < -0.4 is 0 Å². The van der Waals surface area contributed by atoms with Crippen LogP contribution >= 0.6 is 0 Å². The molecule has 1 N–H and O–H groups in total. The first-order chi connectivity index (χ1) is 21.8. The predicted molar refractivity (Wildman–Crippen MR) is 187 cm³/mol. The fraction of sp³-hybridized carbons (Fsp3) is 0.325. The van der Waals surface area contributed by atoms with E-state index in [9.17, 15) is 9.90 Å². The standard InChI is InChI=1S/C27H19N2O.C13H24O2.Ir/c1-16(2)22-13-20(11-19-9-5-6-10-21(19)22)26-25-23-12-17-7-3-4-8-18(17)14-24(23)30-27(25)29-15-28-26;1-5-10(6-2)12(14)9-13(15)11(7-3)8-4;/h3-10,12-16H,1-2H3;9-11,14H,5-8H2,1-4H3;/q-1;;/b;12-9-;. The van der Waals surface area contributed by atoms with Crippen molar-refractivity contribution in [1.82, 2.24) is 9.97 Å². The third-order valence-corrected chi connectivity index (χ3v) is 8.90. The van der Waals surface area contributed by atoms with Crippen molar-refractivity contribution in [1.29, 1.82) is 0 Å². The molecule has 46 heavy (non-hydrogen) atoms. The Morgan fingerprint density at radius 3 is 2.13 bits per heavy atom. The van der Waals surface area contributed by atoms with Crippen LogP contribution in [-0.4, -0.2) is 20.9 Å². The number of benzene rings is 4. The van der Waals surface area contributed by atoms with Gasteiger partial charge in [-0.25, -0.2) is 4.98 Å². The summed E-state index contributed by atoms with van der Waals surface area (Å²) in [5.74, 6) is 0.941. The van der Waals surface area contributed by atoms with Gasteiger partial charge >= 0.3 is 0 Å². The molecule has 6 rings (SSSR count). The smallest absolute Gasteiger partial charge is 0.223 e. The van der Waals surface area contributed by atoms with Crippen molar-refractivity contribution in [2.45, 2.75) is 73.1 Å². The van der Waals surface area contributed by atoms with Crippen LogP contribution in [0.15, 0.2) is 89.3 Å². The van der Waals surface area contributed by atoms with Crippen LogP contribution in [0.4, 0.5) is 0 Å². The normalized spacial score (nSPS) is 11.9. The molecule has 1 radical (unpaired) electrons. The molecule has 2 heterocycles. The molecule has 0 saturated carbocycles. The number of nitrogens with zero attached hydrogens (tertiary/aromatic N) is 2. The molecule has 0 amide bonds. The summed E-state index contributed by atoms with van der Waals surface area (Å²) in [4.78, 5) is 20.8. The zero-order valence-corrected chi connectivity index (χ0v) is 30.0. The molecule has 5 nitrogen and oxygen atoms in total. The van der Waals surface area contributed by atoms with Crippen LogP contribution in [0.3, 0.4) is 0 Å². The van der Waals surface area contributed by atoms with Gasteiger partial charge < -0.3 is 9.52 Å². The molecule has 0 aliphatic rings. The summed E-state index contributed by atoms with van der Waals surface area (Å²) < 4.78 is 6.12. The Bertz CT molecular complexity index is 1980. The molecular formula is C40H43IrN2O3-. The molecular weight excluding hydrogens is 749 g/mol. The predicted octanol–water partition coefficient (Wildman–Crippen LogP) is 11.1. The van der Waals surface area contributed by atoms with Gasteiger partial charge in [0.05, 0.1) is 5.76 Å². The molecule has 4 aromatic carbocycles. The molecule has 0 saturated heterocycles. The van der Waals surface area contributed by atoms with Gasteiger partial charge in [-0.05, 0) is 54.5 Å². The van der Waals surface area contributed by atoms with Crippen molar-refractivity contribution in [3.8, 4) is 11.3 Å². The third-order valence-electron chi connectivity index (χ3n) is 8.90. The molecule has 0 fully saturated rings. The molecule has 0 unspecified atom stereocenters. The monoisotopic (exact) mass is 792 g/mol. The number of fused-ring (bicyclic) bond motifs is 5. The van der Waals surface area contributed by atoms with E-state index < -0.39 is 0 Å². The Labute approximate surface area is 285 Å². The Morgan fingerprint density at radius 1 is 0.848 bits per heavy atom. The van der Waals surface area contributed by atoms with Gasteiger partial charge in [0.2, 0.25) is 5.71 Å². The molecule has 2 aromatic heterocycles. The van der Waals surface area contributed by atoms with Gasteiger partial charge in [0.1, 0.15) is 11.9 Å². The Kier molecular flexibility index (Phi) is 11.9. The van der Waals surface area contributed by atoms with Gasteiger partial charge in [0.15, 0.2) is 5.78 Å². The van der Waals surface area contributed by atoms with Crippen LogP contribution in [0.1, 0.15) is 78.7 Å². The maximum atomic E-state index is 11.7. The van der Waals surface area contributed by atoms with E-state index in [1.807, 2.05) is 33.8 Å². The Hall–Kier alpha value is -3.86. The second-order valence-electron chi connectivity index (χ2n) is 12.0. The molecule has 0 aliphatic carbocycles. The fourth-order valence-corrected chi connectivity index (χ4v) is 6.14. The van der Waals surface area contributed by atoms with E-state index in [-0.39, 0.29) is 43.5 Å². The van der Waals surface area contributed by atoms with E-state index in [0.717, 1.165) is 64.1 Å². The summed E-state index contributed by atoms with van der Waals surface area (Å²) in [6.45, 7) is 12.5. The average molecular weight is 792 g/mol. The van der Waals surface area contributed by atoms with Crippen LogP contribution in [0.2, 0.25) is 0 Å². The third kappa shape index (κ3) is 7.24. The first kappa shape index (κ1) is 35.0. The zero-order chi connectivity index (χ0) is 32.1. The van der Waals surface area contributed by atoms with Crippen molar-refractivity contribution >= 4 is 49.4 Å². The van der Waals surface area contributed by atoms with Crippen molar-refractivity contribution in [2.75, 3.05) is 0 Å². The minimum absolute atomic E-state index is 0.